The maximum Gasteiger partial charge on any atom is 0.256 e. The number of anilines is 1. The third-order valence-corrected chi connectivity index (χ3v) is 4.37. The van der Waals surface area contributed by atoms with Crippen molar-refractivity contribution in [3.05, 3.63) is 36.4 Å². The maximum atomic E-state index is 12.9. The van der Waals surface area contributed by atoms with E-state index >= 15 is 0 Å². The van der Waals surface area contributed by atoms with Gasteiger partial charge < -0.3 is 14.8 Å². The Kier molecular flexibility index (Phi) is 7.04. The number of hydrogen-bond acceptors (Lipinski definition) is 3. The lowest BCUT2D eigenvalue weighted by atomic mass is 9.98. The van der Waals surface area contributed by atoms with E-state index in [0.717, 1.165) is 28.6 Å². The first kappa shape index (κ1) is 20.2. The first-order valence-corrected chi connectivity index (χ1v) is 9.51. The van der Waals surface area contributed by atoms with Crippen LogP contribution in [0.25, 0.3) is 10.8 Å². The van der Waals surface area contributed by atoms with Crippen molar-refractivity contribution in [1.82, 2.24) is 0 Å². The minimum absolute atomic E-state index is 0.109. The highest BCUT2D eigenvalue weighted by molar-refractivity contribution is 6.06. The zero-order chi connectivity index (χ0) is 19.2. The second-order valence-electron chi connectivity index (χ2n) is 7.23. The number of carbonyl (C=O) groups is 1. The Balaban J connectivity index is 2.33. The van der Waals surface area contributed by atoms with Crippen LogP contribution in [0.5, 0.6) is 5.75 Å². The summed E-state index contributed by atoms with van der Waals surface area (Å²) in [5.41, 5.74) is -0.0400. The normalized spacial score (nSPS) is 13.6. The van der Waals surface area contributed by atoms with Crippen molar-refractivity contribution in [2.45, 2.75) is 53.1 Å². The third-order valence-electron chi connectivity index (χ3n) is 4.37. The van der Waals surface area contributed by atoms with E-state index in [9.17, 15) is 4.79 Å². The summed E-state index contributed by atoms with van der Waals surface area (Å²) >= 11 is 0. The molecule has 0 radical (unpaired) electrons. The van der Waals surface area contributed by atoms with Gasteiger partial charge in [-0.1, -0.05) is 51.5 Å². The Labute approximate surface area is 156 Å². The summed E-state index contributed by atoms with van der Waals surface area (Å²) in [4.78, 5) is 12.9. The lowest BCUT2D eigenvalue weighted by molar-refractivity contribution is -0.139. The molecule has 1 N–H and O–H groups in total. The van der Waals surface area contributed by atoms with Crippen molar-refractivity contribution in [2.24, 2.45) is 5.92 Å². The molecule has 0 aliphatic carbocycles. The highest BCUT2D eigenvalue weighted by Crippen LogP contribution is 2.33. The van der Waals surface area contributed by atoms with E-state index in [2.05, 4.69) is 26.1 Å². The van der Waals surface area contributed by atoms with Crippen molar-refractivity contribution < 1.29 is 14.3 Å². The SMILES string of the molecule is CCC[C@@](C)(OCC)C(=O)Nc1ccc(OCC(C)C)c2ccccc12. The molecule has 4 nitrogen and oxygen atoms in total. The number of nitrogens with one attached hydrogen (secondary N) is 1. The van der Waals surface area contributed by atoms with Crippen LogP contribution >= 0.6 is 0 Å². The van der Waals surface area contributed by atoms with Gasteiger partial charge in [0, 0.05) is 23.1 Å². The Morgan fingerprint density at radius 3 is 2.42 bits per heavy atom. The van der Waals surface area contributed by atoms with Crippen molar-refractivity contribution in [3.63, 3.8) is 0 Å². The van der Waals surface area contributed by atoms with Gasteiger partial charge in [-0.05, 0) is 38.3 Å². The van der Waals surface area contributed by atoms with Crippen LogP contribution in [0.4, 0.5) is 5.69 Å². The molecule has 0 aromatic heterocycles. The predicted molar refractivity (Wildman–Crippen MR) is 108 cm³/mol. The summed E-state index contributed by atoms with van der Waals surface area (Å²) in [6, 6.07) is 11.8. The van der Waals surface area contributed by atoms with Gasteiger partial charge >= 0.3 is 0 Å². The second kappa shape index (κ2) is 9.04. The number of carbonyl (C=O) groups excluding carboxylic acids is 1. The monoisotopic (exact) mass is 357 g/mol. The Hall–Kier alpha value is -2.07. The van der Waals surface area contributed by atoms with Gasteiger partial charge in [-0.25, -0.2) is 0 Å². The molecule has 4 heteroatoms. The minimum Gasteiger partial charge on any atom is -0.493 e. The van der Waals surface area contributed by atoms with E-state index in [1.807, 2.05) is 50.2 Å². The standard InChI is InChI=1S/C22H31NO3/c1-6-14-22(5,26-7-2)21(24)23-19-12-13-20(25-15-16(3)4)18-11-9-8-10-17(18)19/h8-13,16H,6-7,14-15H2,1-5H3,(H,23,24)/t22-/m1/s1. The first-order valence-electron chi connectivity index (χ1n) is 9.51. The van der Waals surface area contributed by atoms with E-state index in [4.69, 9.17) is 9.47 Å². The summed E-state index contributed by atoms with van der Waals surface area (Å²) in [6.45, 7) is 11.2. The zero-order valence-electron chi connectivity index (χ0n) is 16.6. The number of amides is 1. The Morgan fingerprint density at radius 1 is 1.12 bits per heavy atom. The summed E-state index contributed by atoms with van der Waals surface area (Å²) in [5.74, 6) is 1.18. The molecule has 0 aliphatic rings. The Morgan fingerprint density at radius 2 is 1.81 bits per heavy atom. The number of hydrogen-bond donors (Lipinski definition) is 1. The van der Waals surface area contributed by atoms with E-state index in [0.29, 0.717) is 25.6 Å². The van der Waals surface area contributed by atoms with Gasteiger partial charge in [-0.2, -0.15) is 0 Å². The van der Waals surface area contributed by atoms with E-state index in [1.165, 1.54) is 0 Å². The van der Waals surface area contributed by atoms with Crippen LogP contribution in [0.1, 0.15) is 47.5 Å². The van der Waals surface area contributed by atoms with Crippen LogP contribution in [0.3, 0.4) is 0 Å². The van der Waals surface area contributed by atoms with Crippen molar-refractivity contribution >= 4 is 22.4 Å². The van der Waals surface area contributed by atoms with Gasteiger partial charge in [0.05, 0.1) is 6.61 Å². The summed E-state index contributed by atoms with van der Waals surface area (Å²) in [6.07, 6.45) is 1.56. The second-order valence-corrected chi connectivity index (χ2v) is 7.23. The van der Waals surface area contributed by atoms with Gasteiger partial charge in [0.1, 0.15) is 11.4 Å². The van der Waals surface area contributed by atoms with Crippen molar-refractivity contribution in [3.8, 4) is 5.75 Å². The Bertz CT molecular complexity index is 733. The highest BCUT2D eigenvalue weighted by atomic mass is 16.5. The third kappa shape index (κ3) is 4.76. The van der Waals surface area contributed by atoms with Gasteiger partial charge in [0.2, 0.25) is 0 Å². The average Bonchev–Trinajstić information content (AvgIpc) is 2.61. The van der Waals surface area contributed by atoms with Crippen LogP contribution in [0.15, 0.2) is 36.4 Å². The van der Waals surface area contributed by atoms with Crippen LogP contribution in [-0.2, 0) is 9.53 Å². The molecule has 142 valence electrons. The van der Waals surface area contributed by atoms with Gasteiger partial charge in [-0.15, -0.1) is 0 Å². The van der Waals surface area contributed by atoms with Gasteiger partial charge in [-0.3, -0.25) is 4.79 Å². The van der Waals surface area contributed by atoms with Gasteiger partial charge in [0.25, 0.3) is 5.91 Å². The molecule has 1 amide bonds. The summed E-state index contributed by atoms with van der Waals surface area (Å²) < 4.78 is 11.7. The summed E-state index contributed by atoms with van der Waals surface area (Å²) in [5, 5.41) is 5.04. The topological polar surface area (TPSA) is 47.6 Å². The fourth-order valence-corrected chi connectivity index (χ4v) is 3.06. The van der Waals surface area contributed by atoms with Gasteiger partial charge in [0.15, 0.2) is 0 Å². The van der Waals surface area contributed by atoms with Crippen LogP contribution in [0.2, 0.25) is 0 Å². The van der Waals surface area contributed by atoms with Crippen molar-refractivity contribution in [2.75, 3.05) is 18.5 Å². The molecule has 0 unspecified atom stereocenters. The highest BCUT2D eigenvalue weighted by Gasteiger charge is 2.33. The molecule has 26 heavy (non-hydrogen) atoms. The molecular weight excluding hydrogens is 326 g/mol. The first-order chi connectivity index (χ1) is 12.4. The van der Waals surface area contributed by atoms with E-state index in [-0.39, 0.29) is 5.91 Å². The van der Waals surface area contributed by atoms with Crippen LogP contribution in [-0.4, -0.2) is 24.7 Å². The average molecular weight is 357 g/mol. The molecule has 0 fully saturated rings. The van der Waals surface area contributed by atoms with Crippen LogP contribution in [0, 0.1) is 5.92 Å². The van der Waals surface area contributed by atoms with Crippen molar-refractivity contribution in [1.29, 1.82) is 0 Å². The number of benzene rings is 2. The molecule has 2 rings (SSSR count). The molecule has 2 aromatic rings. The number of fused-ring (bicyclic) bond motifs is 1. The summed E-state index contributed by atoms with van der Waals surface area (Å²) in [7, 11) is 0. The fraction of sp³-hybridized carbons (Fsp3) is 0.500. The lowest BCUT2D eigenvalue weighted by Gasteiger charge is -2.28. The number of ether oxygens (including phenoxy) is 2. The number of rotatable bonds is 9. The molecule has 0 heterocycles. The lowest BCUT2D eigenvalue weighted by Crippen LogP contribution is -2.42. The molecule has 0 aliphatic heterocycles. The molecule has 0 saturated carbocycles. The van der Waals surface area contributed by atoms with Crippen LogP contribution < -0.4 is 10.1 Å². The molecule has 0 saturated heterocycles. The smallest absolute Gasteiger partial charge is 0.256 e. The van der Waals surface area contributed by atoms with E-state index in [1.54, 1.807) is 0 Å². The molecule has 0 bridgehead atoms. The van der Waals surface area contributed by atoms with E-state index < -0.39 is 5.60 Å². The fourth-order valence-electron chi connectivity index (χ4n) is 3.06. The molecule has 0 spiro atoms. The zero-order valence-corrected chi connectivity index (χ0v) is 16.6. The quantitative estimate of drug-likeness (QED) is 0.653. The molecule has 1 atom stereocenters. The predicted octanol–water partition coefficient (Wildman–Crippen LogP) is 5.41. The maximum absolute atomic E-state index is 12.9. The largest absolute Gasteiger partial charge is 0.493 e. The molecular formula is C22H31NO3. The minimum atomic E-state index is -0.822. The molecule has 2 aromatic carbocycles.